The van der Waals surface area contributed by atoms with Crippen LogP contribution in [0.4, 0.5) is 5.69 Å². The average Bonchev–Trinajstić information content (AvgIpc) is 2.97. The predicted octanol–water partition coefficient (Wildman–Crippen LogP) is 4.61. The van der Waals surface area contributed by atoms with Crippen molar-refractivity contribution in [1.82, 2.24) is 0 Å². The van der Waals surface area contributed by atoms with Crippen molar-refractivity contribution in [2.24, 2.45) is 0 Å². The van der Waals surface area contributed by atoms with Gasteiger partial charge in [-0.2, -0.15) is 0 Å². The van der Waals surface area contributed by atoms with Crippen molar-refractivity contribution >= 4 is 17.0 Å². The smallest absolute Gasteiger partial charge is 0.0787 e. The fraction of sp³-hybridized carbons (Fsp3) is 0.412. The van der Waals surface area contributed by atoms with Crippen LogP contribution in [-0.2, 0) is 6.54 Å². The van der Waals surface area contributed by atoms with Crippen LogP contribution in [0.3, 0.4) is 0 Å². The molecule has 0 amide bonds. The van der Waals surface area contributed by atoms with Crippen molar-refractivity contribution in [3.8, 4) is 0 Å². The highest BCUT2D eigenvalue weighted by molar-refractivity contribution is 7.09. The molecular weight excluding hydrogens is 266 g/mol. The van der Waals surface area contributed by atoms with E-state index in [2.05, 4.69) is 48.4 Å². The molecule has 0 unspecified atom stereocenters. The quantitative estimate of drug-likeness (QED) is 0.839. The molecule has 0 fully saturated rings. The van der Waals surface area contributed by atoms with Crippen LogP contribution in [-0.4, -0.2) is 11.1 Å². The summed E-state index contributed by atoms with van der Waals surface area (Å²) in [5.41, 5.74) is 2.21. The van der Waals surface area contributed by atoms with E-state index >= 15 is 0 Å². The molecule has 1 atom stereocenters. The van der Waals surface area contributed by atoms with Gasteiger partial charge in [-0.05, 0) is 49.4 Å². The lowest BCUT2D eigenvalue weighted by atomic mass is 10.1. The first kappa shape index (κ1) is 15.1. The minimum Gasteiger partial charge on any atom is -0.388 e. The summed E-state index contributed by atoms with van der Waals surface area (Å²) in [4.78, 5) is 3.75. The first-order chi connectivity index (χ1) is 9.61. The lowest BCUT2D eigenvalue weighted by Crippen LogP contribution is -2.29. The third-order valence-corrected chi connectivity index (χ3v) is 4.39. The number of hydrogen-bond acceptors (Lipinski definition) is 3. The van der Waals surface area contributed by atoms with E-state index in [1.807, 2.05) is 19.1 Å². The van der Waals surface area contributed by atoms with E-state index < -0.39 is 0 Å². The van der Waals surface area contributed by atoms with Crippen molar-refractivity contribution < 1.29 is 5.11 Å². The van der Waals surface area contributed by atoms with Crippen LogP contribution >= 0.6 is 11.3 Å². The zero-order valence-electron chi connectivity index (χ0n) is 12.4. The Morgan fingerprint density at radius 3 is 2.35 bits per heavy atom. The van der Waals surface area contributed by atoms with Crippen molar-refractivity contribution in [3.05, 3.63) is 52.2 Å². The molecule has 3 heteroatoms. The third kappa shape index (κ3) is 3.62. The predicted molar refractivity (Wildman–Crippen MR) is 87.3 cm³/mol. The van der Waals surface area contributed by atoms with Crippen LogP contribution in [0.15, 0.2) is 41.8 Å². The van der Waals surface area contributed by atoms with Crippen molar-refractivity contribution in [1.29, 1.82) is 0 Å². The minimum atomic E-state index is -0.353. The number of anilines is 1. The summed E-state index contributed by atoms with van der Waals surface area (Å²) in [6.45, 7) is 7.35. The Kier molecular flexibility index (Phi) is 5.21. The summed E-state index contributed by atoms with van der Waals surface area (Å²) in [7, 11) is 0. The van der Waals surface area contributed by atoms with E-state index in [9.17, 15) is 5.11 Å². The molecule has 0 saturated heterocycles. The number of nitrogens with zero attached hydrogens (tertiary/aromatic N) is 1. The molecule has 0 bridgehead atoms. The van der Waals surface area contributed by atoms with E-state index in [0.717, 1.165) is 18.5 Å². The summed E-state index contributed by atoms with van der Waals surface area (Å²) in [6.07, 6.45) is 0.399. The highest BCUT2D eigenvalue weighted by Gasteiger charge is 2.12. The molecule has 0 aliphatic carbocycles. The van der Waals surface area contributed by atoms with Crippen LogP contribution in [0, 0.1) is 0 Å². The highest BCUT2D eigenvalue weighted by Crippen LogP contribution is 2.25. The monoisotopic (exact) mass is 289 g/mol. The van der Waals surface area contributed by atoms with Gasteiger partial charge in [0.15, 0.2) is 0 Å². The van der Waals surface area contributed by atoms with Gasteiger partial charge >= 0.3 is 0 Å². The lowest BCUT2D eigenvalue weighted by molar-refractivity contribution is 0.173. The molecule has 20 heavy (non-hydrogen) atoms. The second kappa shape index (κ2) is 6.91. The van der Waals surface area contributed by atoms with Crippen LogP contribution < -0.4 is 4.90 Å². The molecule has 0 aliphatic rings. The SMILES string of the molecule is CC[C@H](O)c1ccc(N(Cc2cccs2)C(C)C)cc1. The largest absolute Gasteiger partial charge is 0.388 e. The zero-order chi connectivity index (χ0) is 14.5. The molecule has 0 radical (unpaired) electrons. The maximum atomic E-state index is 9.86. The maximum Gasteiger partial charge on any atom is 0.0787 e. The van der Waals surface area contributed by atoms with Crippen molar-refractivity contribution in [3.63, 3.8) is 0 Å². The van der Waals surface area contributed by atoms with E-state index in [-0.39, 0.29) is 6.10 Å². The molecule has 2 aromatic rings. The maximum absolute atomic E-state index is 9.86. The highest BCUT2D eigenvalue weighted by atomic mass is 32.1. The van der Waals surface area contributed by atoms with E-state index in [0.29, 0.717) is 6.04 Å². The Labute approximate surface area is 125 Å². The Bertz CT molecular complexity index is 504. The summed E-state index contributed by atoms with van der Waals surface area (Å²) in [5.74, 6) is 0. The van der Waals surface area contributed by atoms with Crippen molar-refractivity contribution in [2.75, 3.05) is 4.90 Å². The topological polar surface area (TPSA) is 23.5 Å². The van der Waals surface area contributed by atoms with Gasteiger partial charge in [-0.1, -0.05) is 25.1 Å². The standard InChI is InChI=1S/C17H23NOS/c1-4-17(19)14-7-9-15(10-8-14)18(13(2)3)12-16-6-5-11-20-16/h5-11,13,17,19H,4,12H2,1-3H3/t17-/m0/s1. The molecule has 2 rings (SSSR count). The molecule has 0 aliphatic heterocycles. The van der Waals surface area contributed by atoms with Crippen LogP contribution in [0.1, 0.15) is 43.7 Å². The molecule has 1 aromatic heterocycles. The van der Waals surface area contributed by atoms with Gasteiger partial charge in [-0.25, -0.2) is 0 Å². The Balaban J connectivity index is 2.17. The third-order valence-electron chi connectivity index (χ3n) is 3.53. The number of aliphatic hydroxyl groups is 1. The van der Waals surface area contributed by atoms with E-state index in [1.165, 1.54) is 10.6 Å². The molecular formula is C17H23NOS. The first-order valence-electron chi connectivity index (χ1n) is 7.19. The van der Waals surface area contributed by atoms with Gasteiger partial charge in [-0.15, -0.1) is 11.3 Å². The first-order valence-corrected chi connectivity index (χ1v) is 8.06. The van der Waals surface area contributed by atoms with Gasteiger partial charge in [0, 0.05) is 16.6 Å². The summed E-state index contributed by atoms with van der Waals surface area (Å²) in [6, 6.07) is 13.0. The summed E-state index contributed by atoms with van der Waals surface area (Å²) in [5, 5.41) is 12.0. The molecule has 1 N–H and O–H groups in total. The molecule has 1 aromatic carbocycles. The normalized spacial score (nSPS) is 12.7. The number of thiophene rings is 1. The van der Waals surface area contributed by atoms with Crippen LogP contribution in [0.2, 0.25) is 0 Å². The second-order valence-corrected chi connectivity index (χ2v) is 6.35. The summed E-state index contributed by atoms with van der Waals surface area (Å²) < 4.78 is 0. The molecule has 0 saturated carbocycles. The van der Waals surface area contributed by atoms with Gasteiger partial charge in [-0.3, -0.25) is 0 Å². The van der Waals surface area contributed by atoms with Gasteiger partial charge in [0.05, 0.1) is 12.6 Å². The van der Waals surface area contributed by atoms with Gasteiger partial charge in [0.2, 0.25) is 0 Å². The van der Waals surface area contributed by atoms with E-state index in [4.69, 9.17) is 0 Å². The van der Waals surface area contributed by atoms with Crippen LogP contribution in [0.25, 0.3) is 0 Å². The number of hydrogen-bond donors (Lipinski definition) is 1. The molecule has 1 heterocycles. The second-order valence-electron chi connectivity index (χ2n) is 5.32. The molecule has 0 spiro atoms. The Morgan fingerprint density at radius 1 is 1.15 bits per heavy atom. The molecule has 108 valence electrons. The van der Waals surface area contributed by atoms with Crippen LogP contribution in [0.5, 0.6) is 0 Å². The number of rotatable bonds is 6. The number of benzene rings is 1. The molecule has 2 nitrogen and oxygen atoms in total. The zero-order valence-corrected chi connectivity index (χ0v) is 13.2. The average molecular weight is 289 g/mol. The Hall–Kier alpha value is -1.32. The van der Waals surface area contributed by atoms with Gasteiger partial charge in [0.25, 0.3) is 0 Å². The van der Waals surface area contributed by atoms with E-state index in [1.54, 1.807) is 11.3 Å². The van der Waals surface area contributed by atoms with Gasteiger partial charge < -0.3 is 10.0 Å². The number of aliphatic hydroxyl groups excluding tert-OH is 1. The van der Waals surface area contributed by atoms with Gasteiger partial charge in [0.1, 0.15) is 0 Å². The summed E-state index contributed by atoms with van der Waals surface area (Å²) >= 11 is 1.79. The lowest BCUT2D eigenvalue weighted by Gasteiger charge is -2.29. The Morgan fingerprint density at radius 2 is 1.85 bits per heavy atom. The fourth-order valence-corrected chi connectivity index (χ4v) is 2.97. The minimum absolute atomic E-state index is 0.353. The fourth-order valence-electron chi connectivity index (χ4n) is 2.27. The van der Waals surface area contributed by atoms with Crippen molar-refractivity contribution in [2.45, 2.75) is 45.9 Å².